The molecule has 0 unspecified atom stereocenters. The molecule has 6 nitrogen and oxygen atoms in total. The summed E-state index contributed by atoms with van der Waals surface area (Å²) in [5, 5.41) is 3.10. The van der Waals surface area contributed by atoms with Crippen molar-refractivity contribution in [1.82, 2.24) is 10.2 Å². The molecule has 3 aromatic rings. The third kappa shape index (κ3) is 3.61. The summed E-state index contributed by atoms with van der Waals surface area (Å²) >= 11 is 0. The van der Waals surface area contributed by atoms with Gasteiger partial charge in [-0.3, -0.25) is 9.59 Å². The van der Waals surface area contributed by atoms with Crippen LogP contribution in [0.3, 0.4) is 0 Å². The standard InChI is InChI=1S/C27H26N2O4/c1-32-19-12-11-18(23(15-19)33-2)16-28-26(30)24-21-9-5-6-10-22(21)27(31)29-14-13-17-7-3-4-8-20(17)25(24)29/h3-12,15,24-25H,13-14,16H2,1-2H3,(H,28,30)/t24-,25+/m0/s1. The molecule has 0 fully saturated rings. The van der Waals surface area contributed by atoms with Gasteiger partial charge < -0.3 is 19.7 Å². The second-order valence-corrected chi connectivity index (χ2v) is 8.35. The number of amides is 2. The van der Waals surface area contributed by atoms with Gasteiger partial charge in [-0.15, -0.1) is 0 Å². The van der Waals surface area contributed by atoms with Gasteiger partial charge in [0.15, 0.2) is 0 Å². The van der Waals surface area contributed by atoms with Gasteiger partial charge in [-0.2, -0.15) is 0 Å². The van der Waals surface area contributed by atoms with Crippen molar-refractivity contribution in [3.05, 3.63) is 94.5 Å². The fourth-order valence-corrected chi connectivity index (χ4v) is 5.05. The first kappa shape index (κ1) is 21.1. The number of methoxy groups -OCH3 is 2. The molecule has 2 atom stereocenters. The van der Waals surface area contributed by atoms with E-state index in [2.05, 4.69) is 11.4 Å². The zero-order chi connectivity index (χ0) is 22.9. The van der Waals surface area contributed by atoms with Crippen LogP contribution in [0, 0.1) is 0 Å². The molecular weight excluding hydrogens is 416 g/mol. The van der Waals surface area contributed by atoms with Crippen LogP contribution in [0.15, 0.2) is 66.7 Å². The number of fused-ring (bicyclic) bond motifs is 4. The fourth-order valence-electron chi connectivity index (χ4n) is 5.05. The number of benzene rings is 3. The predicted molar refractivity (Wildman–Crippen MR) is 124 cm³/mol. The van der Waals surface area contributed by atoms with Crippen LogP contribution in [0.5, 0.6) is 11.5 Å². The first-order valence-electron chi connectivity index (χ1n) is 11.1. The van der Waals surface area contributed by atoms with Crippen molar-refractivity contribution in [1.29, 1.82) is 0 Å². The molecule has 0 radical (unpaired) electrons. The molecule has 0 aliphatic carbocycles. The van der Waals surface area contributed by atoms with E-state index in [1.165, 1.54) is 5.56 Å². The van der Waals surface area contributed by atoms with Crippen molar-refractivity contribution in [2.45, 2.75) is 24.9 Å². The summed E-state index contributed by atoms with van der Waals surface area (Å²) in [6.07, 6.45) is 0.790. The van der Waals surface area contributed by atoms with Crippen molar-refractivity contribution in [3.8, 4) is 11.5 Å². The van der Waals surface area contributed by atoms with Crippen molar-refractivity contribution < 1.29 is 19.1 Å². The molecule has 5 rings (SSSR count). The first-order valence-corrected chi connectivity index (χ1v) is 11.1. The minimum atomic E-state index is -0.496. The number of carbonyl (C=O) groups excluding carboxylic acids is 2. The lowest BCUT2D eigenvalue weighted by molar-refractivity contribution is -0.124. The van der Waals surface area contributed by atoms with Crippen LogP contribution < -0.4 is 14.8 Å². The molecule has 0 aromatic heterocycles. The highest BCUT2D eigenvalue weighted by atomic mass is 16.5. The Morgan fingerprint density at radius 2 is 1.76 bits per heavy atom. The fraction of sp³-hybridized carbons (Fsp3) is 0.259. The predicted octanol–water partition coefficient (Wildman–Crippen LogP) is 3.86. The highest BCUT2D eigenvalue weighted by Gasteiger charge is 2.46. The van der Waals surface area contributed by atoms with E-state index < -0.39 is 5.92 Å². The van der Waals surface area contributed by atoms with Gasteiger partial charge in [0.05, 0.1) is 26.2 Å². The molecule has 33 heavy (non-hydrogen) atoms. The zero-order valence-corrected chi connectivity index (χ0v) is 18.7. The maximum Gasteiger partial charge on any atom is 0.254 e. The topological polar surface area (TPSA) is 67.9 Å². The monoisotopic (exact) mass is 442 g/mol. The van der Waals surface area contributed by atoms with E-state index in [0.717, 1.165) is 23.1 Å². The van der Waals surface area contributed by atoms with Gasteiger partial charge in [0.25, 0.3) is 5.91 Å². The third-order valence-corrected chi connectivity index (χ3v) is 6.66. The van der Waals surface area contributed by atoms with Gasteiger partial charge in [0.2, 0.25) is 5.91 Å². The molecule has 6 heteroatoms. The van der Waals surface area contributed by atoms with Crippen LogP contribution in [0.2, 0.25) is 0 Å². The van der Waals surface area contributed by atoms with Crippen molar-refractivity contribution in [2.24, 2.45) is 0 Å². The lowest BCUT2D eigenvalue weighted by Gasteiger charge is -2.45. The van der Waals surface area contributed by atoms with E-state index in [-0.39, 0.29) is 17.9 Å². The summed E-state index contributed by atoms with van der Waals surface area (Å²) in [5.74, 6) is 0.727. The maximum absolute atomic E-state index is 13.7. The zero-order valence-electron chi connectivity index (χ0n) is 18.7. The van der Waals surface area contributed by atoms with Crippen LogP contribution in [-0.4, -0.2) is 37.5 Å². The van der Waals surface area contributed by atoms with Gasteiger partial charge in [0, 0.05) is 30.3 Å². The van der Waals surface area contributed by atoms with Crippen molar-refractivity contribution in [3.63, 3.8) is 0 Å². The van der Waals surface area contributed by atoms with E-state index in [9.17, 15) is 9.59 Å². The molecule has 1 N–H and O–H groups in total. The summed E-state index contributed by atoms with van der Waals surface area (Å²) in [6, 6.07) is 20.8. The van der Waals surface area contributed by atoms with Crippen LogP contribution in [0.1, 0.15) is 44.6 Å². The Kier molecular flexibility index (Phi) is 5.50. The summed E-state index contributed by atoms with van der Waals surface area (Å²) in [7, 11) is 3.20. The number of nitrogens with zero attached hydrogens (tertiary/aromatic N) is 1. The number of hydrogen-bond acceptors (Lipinski definition) is 4. The quantitative estimate of drug-likeness (QED) is 0.652. The molecule has 168 valence electrons. The van der Waals surface area contributed by atoms with Gasteiger partial charge >= 0.3 is 0 Å². The first-order chi connectivity index (χ1) is 16.1. The van der Waals surface area contributed by atoms with Crippen molar-refractivity contribution in [2.75, 3.05) is 20.8 Å². The summed E-state index contributed by atoms with van der Waals surface area (Å²) in [5.41, 5.74) is 4.48. The van der Waals surface area contributed by atoms with Crippen LogP contribution in [-0.2, 0) is 17.8 Å². The van der Waals surface area contributed by atoms with E-state index in [1.807, 2.05) is 59.5 Å². The maximum atomic E-state index is 13.7. The largest absolute Gasteiger partial charge is 0.497 e. The summed E-state index contributed by atoms with van der Waals surface area (Å²) in [6.45, 7) is 0.915. The van der Waals surface area contributed by atoms with E-state index >= 15 is 0 Å². The minimum absolute atomic E-state index is 0.00835. The highest BCUT2D eigenvalue weighted by molar-refractivity contribution is 6.01. The Balaban J connectivity index is 1.51. The molecule has 0 spiro atoms. The van der Waals surface area contributed by atoms with Crippen LogP contribution >= 0.6 is 0 Å². The van der Waals surface area contributed by atoms with Gasteiger partial charge in [-0.1, -0.05) is 42.5 Å². The van der Waals surface area contributed by atoms with Gasteiger partial charge in [0.1, 0.15) is 11.5 Å². The lowest BCUT2D eigenvalue weighted by atomic mass is 9.76. The smallest absolute Gasteiger partial charge is 0.254 e. The van der Waals surface area contributed by atoms with Crippen LogP contribution in [0.4, 0.5) is 0 Å². The Morgan fingerprint density at radius 1 is 1.00 bits per heavy atom. The molecular formula is C27H26N2O4. The number of nitrogens with one attached hydrogen (secondary N) is 1. The number of carbonyl (C=O) groups is 2. The number of ether oxygens (including phenoxy) is 2. The van der Waals surface area contributed by atoms with E-state index in [1.54, 1.807) is 20.3 Å². The van der Waals surface area contributed by atoms with Gasteiger partial charge in [-0.25, -0.2) is 0 Å². The number of rotatable bonds is 5. The third-order valence-electron chi connectivity index (χ3n) is 6.66. The Hall–Kier alpha value is -3.80. The van der Waals surface area contributed by atoms with E-state index in [4.69, 9.17) is 9.47 Å². The minimum Gasteiger partial charge on any atom is -0.497 e. The molecule has 0 bridgehead atoms. The molecule has 2 amide bonds. The van der Waals surface area contributed by atoms with Crippen molar-refractivity contribution >= 4 is 11.8 Å². The van der Waals surface area contributed by atoms with E-state index in [0.29, 0.717) is 30.2 Å². The summed E-state index contributed by atoms with van der Waals surface area (Å²) < 4.78 is 10.8. The SMILES string of the molecule is COc1ccc(CNC(=O)[C@H]2c3ccccc3C(=O)N3CCc4ccccc4[C@H]23)c(OC)c1. The highest BCUT2D eigenvalue weighted by Crippen LogP contribution is 2.45. The average molecular weight is 443 g/mol. The second kappa shape index (κ2) is 8.62. The second-order valence-electron chi connectivity index (χ2n) is 8.35. The Morgan fingerprint density at radius 3 is 2.55 bits per heavy atom. The molecule has 0 saturated carbocycles. The normalized spacial score (nSPS) is 18.6. The average Bonchev–Trinajstić information content (AvgIpc) is 2.87. The Bertz CT molecular complexity index is 1220. The van der Waals surface area contributed by atoms with Gasteiger partial charge in [-0.05, 0) is 41.3 Å². The molecule has 2 heterocycles. The molecule has 2 aliphatic rings. The van der Waals surface area contributed by atoms with Crippen LogP contribution in [0.25, 0.3) is 0 Å². The Labute approximate surface area is 193 Å². The summed E-state index contributed by atoms with van der Waals surface area (Å²) in [4.78, 5) is 28.9. The lowest BCUT2D eigenvalue weighted by Crippen LogP contribution is -2.50. The molecule has 2 aliphatic heterocycles. The molecule has 0 saturated heterocycles. The molecule has 3 aromatic carbocycles. The number of hydrogen-bond donors (Lipinski definition) is 1.